The largest absolute Gasteiger partial charge is 0.396 e. The minimum Gasteiger partial charge on any atom is -0.396 e. The van der Waals surface area contributed by atoms with Gasteiger partial charge in [0, 0.05) is 12.6 Å². The topological polar surface area (TPSA) is 35.5 Å². The molecule has 0 spiro atoms. The monoisotopic (exact) mass is 242 g/mol. The summed E-state index contributed by atoms with van der Waals surface area (Å²) in [5.74, 6) is 0.658. The molecule has 1 aliphatic rings. The van der Waals surface area contributed by atoms with Gasteiger partial charge in [-0.2, -0.15) is 0 Å². The molecule has 0 aromatic heterocycles. The molecular weight excluding hydrogens is 212 g/mol. The first kappa shape index (κ1) is 14.9. The average molecular weight is 242 g/mol. The Hall–Kier alpha value is -0.120. The Bertz CT molecular complexity index is 181. The molecule has 3 heteroatoms. The summed E-state index contributed by atoms with van der Waals surface area (Å²) in [4.78, 5) is 2.43. The molecule has 102 valence electrons. The number of rotatable bonds is 7. The van der Waals surface area contributed by atoms with Crippen molar-refractivity contribution in [1.29, 1.82) is 0 Å². The summed E-state index contributed by atoms with van der Waals surface area (Å²) in [6.45, 7) is 6.11. The third-order valence-electron chi connectivity index (χ3n) is 3.88. The van der Waals surface area contributed by atoms with Gasteiger partial charge in [-0.05, 0) is 64.7 Å². The van der Waals surface area contributed by atoms with Crippen LogP contribution in [0.1, 0.15) is 45.4 Å². The van der Waals surface area contributed by atoms with E-state index in [4.69, 9.17) is 5.11 Å². The van der Waals surface area contributed by atoms with E-state index < -0.39 is 0 Å². The second kappa shape index (κ2) is 8.90. The van der Waals surface area contributed by atoms with Gasteiger partial charge >= 0.3 is 0 Å². The minimum absolute atomic E-state index is 0.333. The van der Waals surface area contributed by atoms with Gasteiger partial charge < -0.3 is 15.3 Å². The normalized spacial score (nSPS) is 24.5. The maximum atomic E-state index is 9.05. The van der Waals surface area contributed by atoms with Crippen LogP contribution in [0.5, 0.6) is 0 Å². The van der Waals surface area contributed by atoms with Crippen LogP contribution in [-0.2, 0) is 0 Å². The van der Waals surface area contributed by atoms with Crippen molar-refractivity contribution in [1.82, 2.24) is 10.2 Å². The molecule has 0 amide bonds. The molecule has 0 aliphatic carbocycles. The van der Waals surface area contributed by atoms with Crippen LogP contribution in [0.25, 0.3) is 0 Å². The minimum atomic E-state index is 0.333. The predicted octanol–water partition coefficient (Wildman–Crippen LogP) is 1.86. The van der Waals surface area contributed by atoms with Crippen LogP contribution in [0, 0.1) is 5.92 Å². The number of aliphatic hydroxyl groups excluding tert-OH is 1. The molecule has 1 saturated heterocycles. The Kier molecular flexibility index (Phi) is 7.82. The number of nitrogens with one attached hydrogen (secondary N) is 1. The van der Waals surface area contributed by atoms with Gasteiger partial charge in [-0.1, -0.05) is 13.3 Å². The van der Waals surface area contributed by atoms with Gasteiger partial charge in [-0.3, -0.25) is 0 Å². The lowest BCUT2D eigenvalue weighted by Gasteiger charge is -2.21. The second-order valence-electron chi connectivity index (χ2n) is 5.51. The molecule has 0 aromatic rings. The van der Waals surface area contributed by atoms with E-state index in [9.17, 15) is 0 Å². The van der Waals surface area contributed by atoms with Gasteiger partial charge in [0.1, 0.15) is 0 Å². The zero-order chi connectivity index (χ0) is 12.5. The van der Waals surface area contributed by atoms with Gasteiger partial charge in [-0.15, -0.1) is 0 Å². The maximum Gasteiger partial charge on any atom is 0.0434 e. The summed E-state index contributed by atoms with van der Waals surface area (Å²) in [6.07, 6.45) is 7.30. The zero-order valence-corrected chi connectivity index (χ0v) is 11.6. The van der Waals surface area contributed by atoms with E-state index in [0.29, 0.717) is 18.6 Å². The second-order valence-corrected chi connectivity index (χ2v) is 5.51. The predicted molar refractivity (Wildman–Crippen MR) is 73.2 cm³/mol. The smallest absolute Gasteiger partial charge is 0.0434 e. The summed E-state index contributed by atoms with van der Waals surface area (Å²) in [6, 6.07) is 0.693. The first-order chi connectivity index (χ1) is 8.26. The lowest BCUT2D eigenvalue weighted by Crippen LogP contribution is -2.34. The zero-order valence-electron chi connectivity index (χ0n) is 11.6. The fraction of sp³-hybridized carbons (Fsp3) is 1.00. The molecule has 0 saturated carbocycles. The molecule has 17 heavy (non-hydrogen) atoms. The fourth-order valence-corrected chi connectivity index (χ4v) is 2.72. The van der Waals surface area contributed by atoms with E-state index in [0.717, 1.165) is 13.0 Å². The van der Waals surface area contributed by atoms with E-state index in [1.165, 1.54) is 45.2 Å². The molecule has 0 radical (unpaired) electrons. The molecule has 1 rings (SSSR count). The highest BCUT2D eigenvalue weighted by atomic mass is 16.3. The number of aliphatic hydroxyl groups is 1. The Morgan fingerprint density at radius 3 is 2.82 bits per heavy atom. The summed E-state index contributed by atoms with van der Waals surface area (Å²) in [5.41, 5.74) is 0. The Morgan fingerprint density at radius 2 is 2.12 bits per heavy atom. The molecule has 1 heterocycles. The van der Waals surface area contributed by atoms with Crippen LogP contribution in [0.4, 0.5) is 0 Å². The third-order valence-corrected chi connectivity index (χ3v) is 3.88. The Morgan fingerprint density at radius 1 is 1.29 bits per heavy atom. The first-order valence-electron chi connectivity index (χ1n) is 7.29. The van der Waals surface area contributed by atoms with E-state index in [2.05, 4.69) is 24.2 Å². The summed E-state index contributed by atoms with van der Waals surface area (Å²) < 4.78 is 0. The standard InChI is InChI=1S/C14H30N2O/c1-3-5-13(8-11-17)12-15-14-6-4-9-16(2)10-7-14/h13-15,17H,3-12H2,1-2H3. The van der Waals surface area contributed by atoms with Crippen LogP contribution >= 0.6 is 0 Å². The van der Waals surface area contributed by atoms with Crippen LogP contribution in [0.15, 0.2) is 0 Å². The first-order valence-corrected chi connectivity index (χ1v) is 7.29. The van der Waals surface area contributed by atoms with E-state index in [1.807, 2.05) is 0 Å². The van der Waals surface area contributed by atoms with Crippen molar-refractivity contribution in [3.63, 3.8) is 0 Å². The number of nitrogens with zero attached hydrogens (tertiary/aromatic N) is 1. The van der Waals surface area contributed by atoms with Crippen LogP contribution in [-0.4, -0.2) is 49.3 Å². The number of hydrogen-bond donors (Lipinski definition) is 2. The van der Waals surface area contributed by atoms with Crippen molar-refractivity contribution in [2.45, 2.75) is 51.5 Å². The summed E-state index contributed by atoms with van der Waals surface area (Å²) in [7, 11) is 2.22. The highest BCUT2D eigenvalue weighted by Crippen LogP contribution is 2.13. The Balaban J connectivity index is 2.22. The molecule has 0 aromatic carbocycles. The van der Waals surface area contributed by atoms with E-state index in [-0.39, 0.29) is 0 Å². The van der Waals surface area contributed by atoms with Crippen LogP contribution in [0.3, 0.4) is 0 Å². The van der Waals surface area contributed by atoms with Crippen LogP contribution in [0.2, 0.25) is 0 Å². The van der Waals surface area contributed by atoms with Crippen molar-refractivity contribution in [2.75, 3.05) is 33.3 Å². The fourth-order valence-electron chi connectivity index (χ4n) is 2.72. The van der Waals surface area contributed by atoms with E-state index in [1.54, 1.807) is 0 Å². The van der Waals surface area contributed by atoms with Gasteiger partial charge in [0.15, 0.2) is 0 Å². The maximum absolute atomic E-state index is 9.05. The quantitative estimate of drug-likeness (QED) is 0.715. The molecule has 2 atom stereocenters. The van der Waals surface area contributed by atoms with Crippen molar-refractivity contribution in [2.24, 2.45) is 5.92 Å². The van der Waals surface area contributed by atoms with Gasteiger partial charge in [0.25, 0.3) is 0 Å². The number of hydrogen-bond acceptors (Lipinski definition) is 3. The van der Waals surface area contributed by atoms with Gasteiger partial charge in [0.05, 0.1) is 0 Å². The van der Waals surface area contributed by atoms with Crippen molar-refractivity contribution < 1.29 is 5.11 Å². The van der Waals surface area contributed by atoms with Crippen LogP contribution < -0.4 is 5.32 Å². The van der Waals surface area contributed by atoms with E-state index >= 15 is 0 Å². The summed E-state index contributed by atoms with van der Waals surface area (Å²) >= 11 is 0. The van der Waals surface area contributed by atoms with Crippen molar-refractivity contribution >= 4 is 0 Å². The highest BCUT2D eigenvalue weighted by molar-refractivity contribution is 4.75. The summed E-state index contributed by atoms with van der Waals surface area (Å²) in [5, 5.41) is 12.8. The molecule has 1 aliphatic heterocycles. The third kappa shape index (κ3) is 6.39. The number of likely N-dealkylation sites (tertiary alicyclic amines) is 1. The molecule has 2 N–H and O–H groups in total. The van der Waals surface area contributed by atoms with Crippen molar-refractivity contribution in [3.8, 4) is 0 Å². The van der Waals surface area contributed by atoms with Gasteiger partial charge in [-0.25, -0.2) is 0 Å². The SMILES string of the molecule is CCCC(CCO)CNC1CCCN(C)CC1. The highest BCUT2D eigenvalue weighted by Gasteiger charge is 2.15. The van der Waals surface area contributed by atoms with Crippen molar-refractivity contribution in [3.05, 3.63) is 0 Å². The molecule has 2 unspecified atom stereocenters. The average Bonchev–Trinajstić information content (AvgIpc) is 2.52. The molecule has 1 fully saturated rings. The molecule has 0 bridgehead atoms. The molecule has 3 nitrogen and oxygen atoms in total. The lowest BCUT2D eigenvalue weighted by atomic mass is 9.99. The lowest BCUT2D eigenvalue weighted by molar-refractivity contribution is 0.243. The molecular formula is C14H30N2O. The van der Waals surface area contributed by atoms with Gasteiger partial charge in [0.2, 0.25) is 0 Å². The Labute approximate surface area is 107 Å².